The molecule has 11 heavy (non-hydrogen) atoms. The van der Waals surface area contributed by atoms with E-state index in [-0.39, 0.29) is 0 Å². The number of aliphatic imine (C=N–C) groups is 1. The third-order valence-electron chi connectivity index (χ3n) is 1.43. The second-order valence-corrected chi connectivity index (χ2v) is 2.36. The fraction of sp³-hybridized carbons (Fsp3) is 0.429. The normalized spacial score (nSPS) is 16.3. The van der Waals surface area contributed by atoms with Crippen LogP contribution in [0.5, 0.6) is 0 Å². The molecule has 2 heterocycles. The molecule has 1 aromatic rings. The van der Waals surface area contributed by atoms with E-state index >= 15 is 0 Å². The highest BCUT2D eigenvalue weighted by Crippen LogP contribution is 2.07. The molecule has 1 aliphatic heterocycles. The number of rotatable bonds is 1. The lowest BCUT2D eigenvalue weighted by molar-refractivity contribution is 0.342. The van der Waals surface area contributed by atoms with Crippen LogP contribution in [0.25, 0.3) is 0 Å². The topological polar surface area (TPSA) is 47.6 Å². The molecular formula is C7H8N2O2. The predicted molar refractivity (Wildman–Crippen MR) is 38.6 cm³/mol. The van der Waals surface area contributed by atoms with Crippen molar-refractivity contribution in [2.24, 2.45) is 4.99 Å². The van der Waals surface area contributed by atoms with E-state index in [2.05, 4.69) is 10.1 Å². The molecule has 4 heteroatoms. The Bertz CT molecular complexity index is 290. The van der Waals surface area contributed by atoms with E-state index in [1.54, 1.807) is 0 Å². The number of aromatic nitrogens is 1. The van der Waals surface area contributed by atoms with E-state index in [1.807, 2.05) is 13.0 Å². The lowest BCUT2D eigenvalue weighted by Gasteiger charge is -1.92. The molecule has 0 spiro atoms. The van der Waals surface area contributed by atoms with Gasteiger partial charge in [0, 0.05) is 6.07 Å². The second kappa shape index (κ2) is 2.38. The molecule has 0 saturated heterocycles. The first-order chi connectivity index (χ1) is 5.36. The van der Waals surface area contributed by atoms with Crippen LogP contribution < -0.4 is 0 Å². The third kappa shape index (κ3) is 1.11. The van der Waals surface area contributed by atoms with Gasteiger partial charge in [0.2, 0.25) is 5.90 Å². The summed E-state index contributed by atoms with van der Waals surface area (Å²) >= 11 is 0. The first-order valence-corrected chi connectivity index (χ1v) is 3.47. The van der Waals surface area contributed by atoms with Crippen molar-refractivity contribution in [3.05, 3.63) is 17.5 Å². The Morgan fingerprint density at radius 3 is 3.00 bits per heavy atom. The van der Waals surface area contributed by atoms with Gasteiger partial charge in [-0.1, -0.05) is 5.16 Å². The van der Waals surface area contributed by atoms with Crippen LogP contribution in [0.15, 0.2) is 15.6 Å². The molecule has 1 aromatic heterocycles. The molecule has 0 unspecified atom stereocenters. The van der Waals surface area contributed by atoms with E-state index < -0.39 is 0 Å². The van der Waals surface area contributed by atoms with E-state index in [0.717, 1.165) is 12.3 Å². The second-order valence-electron chi connectivity index (χ2n) is 2.36. The van der Waals surface area contributed by atoms with Crippen molar-refractivity contribution in [2.75, 3.05) is 13.2 Å². The number of hydrogen-bond acceptors (Lipinski definition) is 4. The van der Waals surface area contributed by atoms with Crippen LogP contribution in [0.1, 0.15) is 11.5 Å². The average molecular weight is 152 g/mol. The fourth-order valence-corrected chi connectivity index (χ4v) is 0.957. The van der Waals surface area contributed by atoms with Crippen LogP contribution in [-0.2, 0) is 4.74 Å². The van der Waals surface area contributed by atoms with Gasteiger partial charge in [-0.25, -0.2) is 4.99 Å². The van der Waals surface area contributed by atoms with Crippen molar-refractivity contribution in [3.8, 4) is 0 Å². The molecule has 0 radical (unpaired) electrons. The number of ether oxygens (including phenoxy) is 1. The minimum Gasteiger partial charge on any atom is -0.474 e. The van der Waals surface area contributed by atoms with Crippen molar-refractivity contribution in [2.45, 2.75) is 6.92 Å². The molecule has 0 atom stereocenters. The maximum Gasteiger partial charge on any atom is 0.239 e. The van der Waals surface area contributed by atoms with Gasteiger partial charge in [-0.2, -0.15) is 0 Å². The fourth-order valence-electron chi connectivity index (χ4n) is 0.957. The quantitative estimate of drug-likeness (QED) is 0.596. The van der Waals surface area contributed by atoms with Gasteiger partial charge in [0.15, 0.2) is 5.69 Å². The summed E-state index contributed by atoms with van der Waals surface area (Å²) in [6.07, 6.45) is 0. The summed E-state index contributed by atoms with van der Waals surface area (Å²) in [6.45, 7) is 3.22. The zero-order chi connectivity index (χ0) is 7.68. The van der Waals surface area contributed by atoms with Crippen LogP contribution >= 0.6 is 0 Å². The summed E-state index contributed by atoms with van der Waals surface area (Å²) in [7, 11) is 0. The highest BCUT2D eigenvalue weighted by molar-refractivity contribution is 5.92. The maximum atomic E-state index is 5.18. The molecule has 58 valence electrons. The van der Waals surface area contributed by atoms with Crippen LogP contribution in [0.4, 0.5) is 0 Å². The molecule has 0 aliphatic carbocycles. The van der Waals surface area contributed by atoms with Gasteiger partial charge < -0.3 is 9.26 Å². The molecule has 0 bridgehead atoms. The van der Waals surface area contributed by atoms with Gasteiger partial charge in [-0.3, -0.25) is 0 Å². The Morgan fingerprint density at radius 2 is 2.45 bits per heavy atom. The Kier molecular flexibility index (Phi) is 1.38. The Morgan fingerprint density at radius 1 is 1.55 bits per heavy atom. The zero-order valence-electron chi connectivity index (χ0n) is 6.20. The lowest BCUT2D eigenvalue weighted by atomic mass is 10.4. The van der Waals surface area contributed by atoms with Crippen LogP contribution in [0.3, 0.4) is 0 Å². The van der Waals surface area contributed by atoms with Crippen molar-refractivity contribution >= 4 is 5.90 Å². The van der Waals surface area contributed by atoms with Crippen molar-refractivity contribution in [1.29, 1.82) is 0 Å². The van der Waals surface area contributed by atoms with Crippen molar-refractivity contribution in [1.82, 2.24) is 5.16 Å². The van der Waals surface area contributed by atoms with E-state index in [0.29, 0.717) is 18.2 Å². The van der Waals surface area contributed by atoms with Crippen LogP contribution in [0, 0.1) is 6.92 Å². The zero-order valence-corrected chi connectivity index (χ0v) is 6.20. The molecule has 0 fully saturated rings. The third-order valence-corrected chi connectivity index (χ3v) is 1.43. The largest absolute Gasteiger partial charge is 0.474 e. The lowest BCUT2D eigenvalue weighted by Crippen LogP contribution is -2.00. The van der Waals surface area contributed by atoms with E-state index in [9.17, 15) is 0 Å². The van der Waals surface area contributed by atoms with Gasteiger partial charge in [0.1, 0.15) is 12.4 Å². The number of nitrogens with zero attached hydrogens (tertiary/aromatic N) is 2. The standard InChI is InChI=1S/C7H8N2O2/c1-5-4-6(9-11-5)7-8-2-3-10-7/h4H,2-3H2,1H3. The summed E-state index contributed by atoms with van der Waals surface area (Å²) in [5.41, 5.74) is 0.694. The predicted octanol–water partition coefficient (Wildman–Crippen LogP) is 0.760. The number of aryl methyl sites for hydroxylation is 1. The summed E-state index contributed by atoms with van der Waals surface area (Å²) in [5.74, 6) is 1.38. The van der Waals surface area contributed by atoms with Crippen molar-refractivity contribution < 1.29 is 9.26 Å². The van der Waals surface area contributed by atoms with Gasteiger partial charge in [0.05, 0.1) is 6.54 Å². The Labute approximate surface area is 63.9 Å². The molecule has 4 nitrogen and oxygen atoms in total. The summed E-state index contributed by atoms with van der Waals surface area (Å²) in [4.78, 5) is 4.09. The minimum absolute atomic E-state index is 0.599. The van der Waals surface area contributed by atoms with Crippen LogP contribution in [-0.4, -0.2) is 24.2 Å². The SMILES string of the molecule is Cc1cc(C2=NCCO2)no1. The molecule has 1 aliphatic rings. The monoisotopic (exact) mass is 152 g/mol. The van der Waals surface area contributed by atoms with Crippen LogP contribution in [0.2, 0.25) is 0 Å². The average Bonchev–Trinajstić information content (AvgIpc) is 2.55. The smallest absolute Gasteiger partial charge is 0.239 e. The molecular weight excluding hydrogens is 144 g/mol. The van der Waals surface area contributed by atoms with Gasteiger partial charge in [-0.05, 0) is 6.92 Å². The summed E-state index contributed by atoms with van der Waals surface area (Å²) in [6, 6.07) is 1.81. The maximum absolute atomic E-state index is 5.18. The Hall–Kier alpha value is -1.32. The number of hydrogen-bond donors (Lipinski definition) is 0. The van der Waals surface area contributed by atoms with Crippen molar-refractivity contribution in [3.63, 3.8) is 0 Å². The molecule has 0 saturated carbocycles. The summed E-state index contributed by atoms with van der Waals surface area (Å²) < 4.78 is 10.0. The highest BCUT2D eigenvalue weighted by atomic mass is 16.5. The molecule has 2 rings (SSSR count). The summed E-state index contributed by atoms with van der Waals surface area (Å²) in [5, 5.41) is 3.77. The molecule has 0 aromatic carbocycles. The van der Waals surface area contributed by atoms with Gasteiger partial charge in [-0.15, -0.1) is 0 Å². The highest BCUT2D eigenvalue weighted by Gasteiger charge is 2.13. The van der Waals surface area contributed by atoms with E-state index in [1.165, 1.54) is 0 Å². The Balaban J connectivity index is 2.28. The minimum atomic E-state index is 0.599. The molecule has 0 amide bonds. The van der Waals surface area contributed by atoms with E-state index in [4.69, 9.17) is 9.26 Å². The first-order valence-electron chi connectivity index (χ1n) is 3.47. The van der Waals surface area contributed by atoms with Gasteiger partial charge in [0.25, 0.3) is 0 Å². The molecule has 0 N–H and O–H groups in total. The van der Waals surface area contributed by atoms with Gasteiger partial charge >= 0.3 is 0 Å². The first kappa shape index (κ1) is 6.39.